The molecule has 0 amide bonds. The Bertz CT molecular complexity index is 276. The van der Waals surface area contributed by atoms with Gasteiger partial charge in [0, 0.05) is 0 Å². The quantitative estimate of drug-likeness (QED) is 0.580. The van der Waals surface area contributed by atoms with E-state index in [0.29, 0.717) is 12.8 Å². The van der Waals surface area contributed by atoms with Crippen molar-refractivity contribution in [2.45, 2.75) is 51.5 Å². The van der Waals surface area contributed by atoms with E-state index in [2.05, 4.69) is 0 Å². The summed E-state index contributed by atoms with van der Waals surface area (Å²) < 4.78 is 5.37. The van der Waals surface area contributed by atoms with Crippen LogP contribution in [0.2, 0.25) is 6.32 Å². The van der Waals surface area contributed by atoms with Crippen molar-refractivity contribution in [3.05, 3.63) is 0 Å². The molecular formula is C12H21BO4. The van der Waals surface area contributed by atoms with Gasteiger partial charge in [-0.15, -0.1) is 0 Å². The maximum atomic E-state index is 12.0. The fourth-order valence-electron chi connectivity index (χ4n) is 2.42. The first-order chi connectivity index (χ1) is 8.10. The second-order valence-electron chi connectivity index (χ2n) is 4.71. The molecule has 1 fully saturated rings. The lowest BCUT2D eigenvalue weighted by Gasteiger charge is -2.28. The minimum Gasteiger partial charge on any atom is -0.481 e. The summed E-state index contributed by atoms with van der Waals surface area (Å²) in [5.41, 5.74) is 0. The molecule has 3 unspecified atom stereocenters. The molecule has 1 aliphatic carbocycles. The zero-order valence-corrected chi connectivity index (χ0v) is 10.6. The highest BCUT2D eigenvalue weighted by Gasteiger charge is 2.37. The van der Waals surface area contributed by atoms with Crippen molar-refractivity contribution in [1.82, 2.24) is 0 Å². The second-order valence-corrected chi connectivity index (χ2v) is 4.71. The van der Waals surface area contributed by atoms with Crippen LogP contribution < -0.4 is 0 Å². The van der Waals surface area contributed by atoms with Gasteiger partial charge in [0.2, 0.25) is 0 Å². The van der Waals surface area contributed by atoms with Gasteiger partial charge in [-0.25, -0.2) is 0 Å². The molecule has 0 aromatic carbocycles. The largest absolute Gasteiger partial charge is 0.481 e. The van der Waals surface area contributed by atoms with E-state index in [4.69, 9.17) is 9.84 Å². The molecule has 0 aliphatic heterocycles. The Morgan fingerprint density at radius 3 is 2.41 bits per heavy atom. The van der Waals surface area contributed by atoms with Gasteiger partial charge in [-0.3, -0.25) is 9.59 Å². The van der Waals surface area contributed by atoms with Gasteiger partial charge in [0.1, 0.15) is 7.85 Å². The lowest BCUT2D eigenvalue weighted by molar-refractivity contribution is -0.163. The molecule has 1 rings (SSSR count). The number of carboxylic acids is 1. The minimum atomic E-state index is -0.865. The monoisotopic (exact) mass is 240 g/mol. The van der Waals surface area contributed by atoms with E-state index < -0.39 is 17.8 Å². The first kappa shape index (κ1) is 14.1. The Kier molecular flexibility index (Phi) is 5.52. The van der Waals surface area contributed by atoms with Crippen LogP contribution >= 0.6 is 0 Å². The lowest BCUT2D eigenvalue weighted by Crippen LogP contribution is -2.35. The average molecular weight is 240 g/mol. The third-order valence-corrected chi connectivity index (χ3v) is 3.58. The summed E-state index contributed by atoms with van der Waals surface area (Å²) in [6.45, 7) is 1.97. The molecule has 96 valence electrons. The maximum absolute atomic E-state index is 12.0. The molecule has 4 nitrogen and oxygen atoms in total. The van der Waals surface area contributed by atoms with Crippen LogP contribution in [0, 0.1) is 11.8 Å². The molecular weight excluding hydrogens is 219 g/mol. The molecule has 0 aromatic heterocycles. The molecule has 5 heteroatoms. The number of aliphatic carboxylic acids is 1. The Balaban J connectivity index is 2.61. The summed E-state index contributed by atoms with van der Waals surface area (Å²) in [4.78, 5) is 23.0. The van der Waals surface area contributed by atoms with Crippen LogP contribution in [0.4, 0.5) is 0 Å². The van der Waals surface area contributed by atoms with Crippen LogP contribution in [0.1, 0.15) is 39.0 Å². The number of ether oxygens (including phenoxy) is 1. The Labute approximate surface area is 103 Å². The maximum Gasteiger partial charge on any atom is 0.310 e. The number of carboxylic acid groups (broad SMARTS) is 1. The van der Waals surface area contributed by atoms with Crippen LogP contribution in [0.3, 0.4) is 0 Å². The zero-order valence-electron chi connectivity index (χ0n) is 10.6. The third kappa shape index (κ3) is 3.75. The molecule has 1 saturated carbocycles. The normalized spacial score (nSPS) is 26.2. The topological polar surface area (TPSA) is 63.6 Å². The summed E-state index contributed by atoms with van der Waals surface area (Å²) in [5.74, 6) is -2.17. The fourth-order valence-corrected chi connectivity index (χ4v) is 2.42. The molecule has 1 N–H and O–H groups in total. The van der Waals surface area contributed by atoms with Gasteiger partial charge < -0.3 is 9.84 Å². The Hall–Kier alpha value is -0.995. The van der Waals surface area contributed by atoms with Gasteiger partial charge in [0.05, 0.1) is 17.9 Å². The average Bonchev–Trinajstić information content (AvgIpc) is 2.35. The SMILES string of the molecule is BCC(CC)OC(=O)C1CCCCC1C(=O)O. The van der Waals surface area contributed by atoms with Gasteiger partial charge >= 0.3 is 11.9 Å². The van der Waals surface area contributed by atoms with Gasteiger partial charge in [-0.1, -0.05) is 19.8 Å². The predicted octanol–water partition coefficient (Wildman–Crippen LogP) is 1.25. The summed E-state index contributed by atoms with van der Waals surface area (Å²) in [7, 11) is 1.97. The number of esters is 1. The number of carbonyl (C=O) groups is 2. The molecule has 1 aliphatic rings. The summed E-state index contributed by atoms with van der Waals surface area (Å²) in [6, 6.07) is 0. The van der Waals surface area contributed by atoms with Crippen molar-refractivity contribution >= 4 is 19.8 Å². The zero-order chi connectivity index (χ0) is 12.8. The highest BCUT2D eigenvalue weighted by atomic mass is 16.5. The van der Waals surface area contributed by atoms with Crippen molar-refractivity contribution in [2.24, 2.45) is 11.8 Å². The van der Waals surface area contributed by atoms with Crippen LogP contribution in [-0.2, 0) is 14.3 Å². The van der Waals surface area contributed by atoms with Crippen LogP contribution in [-0.4, -0.2) is 31.0 Å². The van der Waals surface area contributed by atoms with E-state index in [1.807, 2.05) is 14.8 Å². The Morgan fingerprint density at radius 1 is 1.35 bits per heavy atom. The highest BCUT2D eigenvalue weighted by Crippen LogP contribution is 2.31. The van der Waals surface area contributed by atoms with E-state index in [1.54, 1.807) is 0 Å². The Morgan fingerprint density at radius 2 is 1.94 bits per heavy atom. The van der Waals surface area contributed by atoms with E-state index in [9.17, 15) is 9.59 Å². The number of rotatable bonds is 5. The highest BCUT2D eigenvalue weighted by molar-refractivity contribution is 6.08. The molecule has 0 saturated heterocycles. The molecule has 3 atom stereocenters. The van der Waals surface area contributed by atoms with Crippen LogP contribution in [0.5, 0.6) is 0 Å². The first-order valence-corrected chi connectivity index (χ1v) is 6.53. The smallest absolute Gasteiger partial charge is 0.310 e. The van der Waals surface area contributed by atoms with Crippen molar-refractivity contribution in [3.8, 4) is 0 Å². The molecule has 0 aromatic rings. The van der Waals surface area contributed by atoms with Gasteiger partial charge in [-0.2, -0.15) is 0 Å². The van der Waals surface area contributed by atoms with Crippen LogP contribution in [0.15, 0.2) is 0 Å². The molecule has 0 spiro atoms. The van der Waals surface area contributed by atoms with Crippen molar-refractivity contribution in [1.29, 1.82) is 0 Å². The van der Waals surface area contributed by atoms with Crippen LogP contribution in [0.25, 0.3) is 0 Å². The minimum absolute atomic E-state index is 0.0705. The molecule has 17 heavy (non-hydrogen) atoms. The van der Waals surface area contributed by atoms with E-state index >= 15 is 0 Å². The number of hydrogen-bond donors (Lipinski definition) is 1. The standard InChI is InChI=1S/C12H21BO4/c1-2-8(7-13)17-12(16)10-6-4-3-5-9(10)11(14)15/h8-10H,2-7,13H2,1H3,(H,14,15). The molecule has 0 heterocycles. The van der Waals surface area contributed by atoms with Gasteiger partial charge in [0.15, 0.2) is 0 Å². The van der Waals surface area contributed by atoms with E-state index in [0.717, 1.165) is 25.6 Å². The molecule has 0 bridgehead atoms. The predicted molar refractivity (Wildman–Crippen MR) is 66.6 cm³/mol. The van der Waals surface area contributed by atoms with E-state index in [-0.39, 0.29) is 12.1 Å². The third-order valence-electron chi connectivity index (χ3n) is 3.58. The fraction of sp³-hybridized carbons (Fsp3) is 0.833. The summed E-state index contributed by atoms with van der Waals surface area (Å²) >= 11 is 0. The van der Waals surface area contributed by atoms with Gasteiger partial charge in [0.25, 0.3) is 0 Å². The van der Waals surface area contributed by atoms with Crippen molar-refractivity contribution < 1.29 is 19.4 Å². The van der Waals surface area contributed by atoms with Crippen molar-refractivity contribution in [3.63, 3.8) is 0 Å². The number of hydrogen-bond acceptors (Lipinski definition) is 3. The number of carbonyl (C=O) groups excluding carboxylic acids is 1. The van der Waals surface area contributed by atoms with Gasteiger partial charge in [-0.05, 0) is 25.6 Å². The summed E-state index contributed by atoms with van der Waals surface area (Å²) in [6.07, 6.45) is 4.56. The first-order valence-electron chi connectivity index (χ1n) is 6.53. The van der Waals surface area contributed by atoms with Crippen molar-refractivity contribution in [2.75, 3.05) is 0 Å². The molecule has 0 radical (unpaired) electrons. The summed E-state index contributed by atoms with van der Waals surface area (Å²) in [5, 5.41) is 9.10. The second kappa shape index (κ2) is 6.67. The van der Waals surface area contributed by atoms with E-state index in [1.165, 1.54) is 0 Å². The lowest BCUT2D eigenvalue weighted by atomic mass is 9.79.